The van der Waals surface area contributed by atoms with Gasteiger partial charge in [0.05, 0.1) is 6.10 Å². The number of carbonyl (C=O) groups excluding carboxylic acids is 1. The normalized spacial score (nSPS) is 27.8. The fourth-order valence-electron chi connectivity index (χ4n) is 1.32. The van der Waals surface area contributed by atoms with Gasteiger partial charge in [-0.15, -0.1) is 0 Å². The van der Waals surface area contributed by atoms with E-state index in [0.29, 0.717) is 24.6 Å². The van der Waals surface area contributed by atoms with Crippen LogP contribution in [0.2, 0.25) is 0 Å². The maximum atomic E-state index is 10.9. The molecule has 0 atom stereocenters. The first kappa shape index (κ1) is 9.86. The van der Waals surface area contributed by atoms with Crippen LogP contribution in [-0.4, -0.2) is 29.4 Å². The molecule has 0 spiro atoms. The highest BCUT2D eigenvalue weighted by atomic mass is 32.1. The van der Waals surface area contributed by atoms with Gasteiger partial charge < -0.3 is 10.4 Å². The third kappa shape index (κ3) is 3.03. The van der Waals surface area contributed by atoms with Crippen molar-refractivity contribution in [2.45, 2.75) is 25.4 Å². The summed E-state index contributed by atoms with van der Waals surface area (Å²) < 4.78 is 0. The predicted octanol–water partition coefficient (Wildman–Crippen LogP) is 0.193. The van der Waals surface area contributed by atoms with E-state index in [1.54, 1.807) is 0 Å². The number of rotatable bonds is 4. The van der Waals surface area contributed by atoms with Gasteiger partial charge in [-0.1, -0.05) is 0 Å². The Morgan fingerprint density at radius 2 is 2.25 bits per heavy atom. The average molecular weight is 189 g/mol. The van der Waals surface area contributed by atoms with E-state index in [2.05, 4.69) is 17.9 Å². The van der Waals surface area contributed by atoms with Crippen LogP contribution >= 0.6 is 12.6 Å². The molecule has 0 aromatic heterocycles. The highest BCUT2D eigenvalue weighted by Crippen LogP contribution is 2.25. The Kier molecular flexibility index (Phi) is 3.88. The van der Waals surface area contributed by atoms with Gasteiger partial charge in [0.15, 0.2) is 0 Å². The molecule has 1 rings (SSSR count). The third-order valence-electron chi connectivity index (χ3n) is 2.14. The Bertz CT molecular complexity index is 157. The van der Waals surface area contributed by atoms with E-state index >= 15 is 0 Å². The van der Waals surface area contributed by atoms with Crippen molar-refractivity contribution in [3.63, 3.8) is 0 Å². The zero-order valence-electron chi connectivity index (χ0n) is 6.99. The first-order chi connectivity index (χ1) is 5.72. The van der Waals surface area contributed by atoms with E-state index in [4.69, 9.17) is 5.11 Å². The fourth-order valence-corrected chi connectivity index (χ4v) is 1.52. The van der Waals surface area contributed by atoms with E-state index in [1.807, 2.05) is 0 Å². The lowest BCUT2D eigenvalue weighted by Crippen LogP contribution is -2.38. The first-order valence-corrected chi connectivity index (χ1v) is 4.91. The average Bonchev–Trinajstić information content (AvgIpc) is 1.96. The Morgan fingerprint density at radius 1 is 1.58 bits per heavy atom. The molecule has 1 aliphatic rings. The van der Waals surface area contributed by atoms with Crippen LogP contribution in [-0.2, 0) is 4.79 Å². The minimum atomic E-state index is -0.128. The van der Waals surface area contributed by atoms with Crippen molar-refractivity contribution < 1.29 is 9.90 Å². The molecule has 4 heteroatoms. The molecule has 1 amide bonds. The quantitative estimate of drug-likeness (QED) is 0.553. The topological polar surface area (TPSA) is 49.3 Å². The zero-order chi connectivity index (χ0) is 8.97. The van der Waals surface area contributed by atoms with E-state index in [0.717, 1.165) is 12.8 Å². The van der Waals surface area contributed by atoms with Crippen LogP contribution in [0.4, 0.5) is 0 Å². The second kappa shape index (κ2) is 4.72. The van der Waals surface area contributed by atoms with Crippen molar-refractivity contribution in [1.82, 2.24) is 5.32 Å². The van der Waals surface area contributed by atoms with Crippen LogP contribution in [0, 0.1) is 5.92 Å². The monoisotopic (exact) mass is 189 g/mol. The highest BCUT2D eigenvalue weighted by Gasteiger charge is 2.26. The molecule has 1 saturated carbocycles. The maximum Gasteiger partial charge on any atom is 0.220 e. The molecule has 0 aliphatic heterocycles. The lowest BCUT2D eigenvalue weighted by Gasteiger charge is -2.31. The van der Waals surface area contributed by atoms with E-state index in [1.165, 1.54) is 0 Å². The Balaban J connectivity index is 1.98. The molecule has 0 unspecified atom stereocenters. The number of aliphatic hydroxyl groups excluding tert-OH is 1. The van der Waals surface area contributed by atoms with E-state index in [-0.39, 0.29) is 12.0 Å². The van der Waals surface area contributed by atoms with Crippen LogP contribution < -0.4 is 5.32 Å². The van der Waals surface area contributed by atoms with E-state index < -0.39 is 0 Å². The molecule has 1 aliphatic carbocycles. The number of hydrogen-bond donors (Lipinski definition) is 3. The molecule has 0 saturated heterocycles. The van der Waals surface area contributed by atoms with Crippen molar-refractivity contribution in [2.75, 3.05) is 12.3 Å². The smallest absolute Gasteiger partial charge is 0.220 e. The second-order valence-corrected chi connectivity index (χ2v) is 3.72. The number of amides is 1. The Hall–Kier alpha value is -0.220. The SMILES string of the molecule is O=C(CCS)NCC1CC(O)C1. The van der Waals surface area contributed by atoms with Gasteiger partial charge in [0.2, 0.25) is 5.91 Å². The van der Waals surface area contributed by atoms with Gasteiger partial charge in [0, 0.05) is 13.0 Å². The highest BCUT2D eigenvalue weighted by molar-refractivity contribution is 7.80. The molecule has 0 heterocycles. The minimum absolute atomic E-state index is 0.0615. The predicted molar refractivity (Wildman–Crippen MR) is 50.2 cm³/mol. The number of nitrogens with one attached hydrogen (secondary N) is 1. The molecule has 0 aromatic carbocycles. The number of aliphatic hydroxyl groups is 1. The Morgan fingerprint density at radius 3 is 2.75 bits per heavy atom. The Labute approximate surface area is 77.9 Å². The van der Waals surface area contributed by atoms with Gasteiger partial charge in [-0.25, -0.2) is 0 Å². The van der Waals surface area contributed by atoms with Crippen LogP contribution in [0.15, 0.2) is 0 Å². The molecule has 0 aromatic rings. The summed E-state index contributed by atoms with van der Waals surface area (Å²) in [7, 11) is 0. The van der Waals surface area contributed by atoms with Gasteiger partial charge >= 0.3 is 0 Å². The van der Waals surface area contributed by atoms with Gasteiger partial charge in [-0.05, 0) is 24.5 Å². The van der Waals surface area contributed by atoms with Gasteiger partial charge in [0.1, 0.15) is 0 Å². The molecular formula is C8H15NO2S. The summed E-state index contributed by atoms with van der Waals surface area (Å²) in [6.45, 7) is 0.712. The standard InChI is InChI=1S/C8H15NO2S/c10-7-3-6(4-7)5-9-8(11)1-2-12/h6-7,10,12H,1-5H2,(H,9,11). The summed E-state index contributed by atoms with van der Waals surface area (Å²) in [5.41, 5.74) is 0. The summed E-state index contributed by atoms with van der Waals surface area (Å²) in [4.78, 5) is 10.9. The number of thiol groups is 1. The summed E-state index contributed by atoms with van der Waals surface area (Å²) in [5.74, 6) is 1.15. The fraction of sp³-hybridized carbons (Fsp3) is 0.875. The molecule has 3 nitrogen and oxygen atoms in total. The maximum absolute atomic E-state index is 10.9. The lowest BCUT2D eigenvalue weighted by atomic mass is 9.82. The minimum Gasteiger partial charge on any atom is -0.393 e. The molecule has 12 heavy (non-hydrogen) atoms. The largest absolute Gasteiger partial charge is 0.393 e. The second-order valence-electron chi connectivity index (χ2n) is 3.27. The molecule has 70 valence electrons. The molecular weight excluding hydrogens is 174 g/mol. The van der Waals surface area contributed by atoms with Crippen LogP contribution in [0.5, 0.6) is 0 Å². The molecule has 0 bridgehead atoms. The molecule has 0 radical (unpaired) electrons. The van der Waals surface area contributed by atoms with Gasteiger partial charge in [-0.2, -0.15) is 12.6 Å². The van der Waals surface area contributed by atoms with Crippen molar-refractivity contribution >= 4 is 18.5 Å². The zero-order valence-corrected chi connectivity index (χ0v) is 7.89. The number of hydrogen-bond acceptors (Lipinski definition) is 3. The third-order valence-corrected chi connectivity index (χ3v) is 2.36. The van der Waals surface area contributed by atoms with Crippen LogP contribution in [0.3, 0.4) is 0 Å². The summed E-state index contributed by atoms with van der Waals surface area (Å²) >= 11 is 3.95. The van der Waals surface area contributed by atoms with Crippen LogP contribution in [0.25, 0.3) is 0 Å². The first-order valence-electron chi connectivity index (χ1n) is 4.28. The van der Waals surface area contributed by atoms with E-state index in [9.17, 15) is 4.79 Å². The summed E-state index contributed by atoms with van der Waals surface area (Å²) in [6, 6.07) is 0. The lowest BCUT2D eigenvalue weighted by molar-refractivity contribution is -0.121. The van der Waals surface area contributed by atoms with Gasteiger partial charge in [0.25, 0.3) is 0 Å². The molecule has 1 fully saturated rings. The summed E-state index contributed by atoms with van der Waals surface area (Å²) in [6.07, 6.45) is 2.03. The summed E-state index contributed by atoms with van der Waals surface area (Å²) in [5, 5.41) is 11.8. The van der Waals surface area contributed by atoms with Crippen molar-refractivity contribution in [1.29, 1.82) is 0 Å². The van der Waals surface area contributed by atoms with Crippen molar-refractivity contribution in [3.8, 4) is 0 Å². The van der Waals surface area contributed by atoms with Gasteiger partial charge in [-0.3, -0.25) is 4.79 Å². The van der Waals surface area contributed by atoms with Crippen LogP contribution in [0.1, 0.15) is 19.3 Å². The molecule has 2 N–H and O–H groups in total. The van der Waals surface area contributed by atoms with Crippen molar-refractivity contribution in [3.05, 3.63) is 0 Å². The van der Waals surface area contributed by atoms with Crippen molar-refractivity contribution in [2.24, 2.45) is 5.92 Å². The number of carbonyl (C=O) groups is 1.